The highest BCUT2D eigenvalue weighted by molar-refractivity contribution is 9.10. The zero-order valence-corrected chi connectivity index (χ0v) is 12.9. The van der Waals surface area contributed by atoms with Gasteiger partial charge in [-0.05, 0) is 31.2 Å². The van der Waals surface area contributed by atoms with Gasteiger partial charge in [-0.2, -0.15) is 0 Å². The Morgan fingerprint density at radius 1 is 1.35 bits per heavy atom. The Kier molecular flexibility index (Phi) is 4.51. The number of hydrogen-bond donors (Lipinski definition) is 2. The Bertz CT molecular complexity index is 652. The maximum atomic E-state index is 11.9. The summed E-state index contributed by atoms with van der Waals surface area (Å²) in [6.45, 7) is 1.62. The van der Waals surface area contributed by atoms with Crippen molar-refractivity contribution in [2.75, 3.05) is 5.32 Å². The number of halogens is 1. The van der Waals surface area contributed by atoms with Crippen LogP contribution in [0.4, 0.5) is 5.69 Å². The van der Waals surface area contributed by atoms with E-state index in [9.17, 15) is 9.59 Å². The van der Waals surface area contributed by atoms with Crippen LogP contribution in [0.3, 0.4) is 0 Å². The standard InChI is InChI=1S/C13H11BrN2O3S/c1-7-12(13(18)19)20-11(15-7)6-10(17)16-9-4-2-8(14)3-5-9/h2-5H,6H2,1H3,(H,16,17)(H,18,19). The average Bonchev–Trinajstić information content (AvgIpc) is 2.73. The van der Waals surface area contributed by atoms with Crippen molar-refractivity contribution in [1.82, 2.24) is 4.98 Å². The lowest BCUT2D eigenvalue weighted by Crippen LogP contribution is -2.14. The second-order valence-electron chi connectivity index (χ2n) is 4.06. The third-order valence-electron chi connectivity index (χ3n) is 2.47. The molecular weight excluding hydrogens is 344 g/mol. The van der Waals surface area contributed by atoms with Crippen LogP contribution in [0.1, 0.15) is 20.4 Å². The fourth-order valence-electron chi connectivity index (χ4n) is 1.60. The number of carbonyl (C=O) groups is 2. The SMILES string of the molecule is Cc1nc(CC(=O)Nc2ccc(Br)cc2)sc1C(=O)O. The molecule has 5 nitrogen and oxygen atoms in total. The molecule has 0 aliphatic rings. The first-order chi connectivity index (χ1) is 9.45. The van der Waals surface area contributed by atoms with Crippen molar-refractivity contribution in [3.8, 4) is 0 Å². The fraction of sp³-hybridized carbons (Fsp3) is 0.154. The number of aryl methyl sites for hydroxylation is 1. The molecule has 0 atom stereocenters. The van der Waals surface area contributed by atoms with Gasteiger partial charge in [0.25, 0.3) is 0 Å². The third kappa shape index (κ3) is 3.64. The maximum Gasteiger partial charge on any atom is 0.347 e. The van der Waals surface area contributed by atoms with Gasteiger partial charge in [-0.3, -0.25) is 4.79 Å². The van der Waals surface area contributed by atoms with Gasteiger partial charge in [-0.25, -0.2) is 9.78 Å². The van der Waals surface area contributed by atoms with E-state index < -0.39 is 5.97 Å². The van der Waals surface area contributed by atoms with Crippen molar-refractivity contribution >= 4 is 44.8 Å². The highest BCUT2D eigenvalue weighted by atomic mass is 79.9. The molecule has 2 aromatic rings. The van der Waals surface area contributed by atoms with Crippen LogP contribution in [0.5, 0.6) is 0 Å². The summed E-state index contributed by atoms with van der Waals surface area (Å²) in [5.41, 5.74) is 1.12. The average molecular weight is 355 g/mol. The van der Waals surface area contributed by atoms with Crippen molar-refractivity contribution in [3.63, 3.8) is 0 Å². The van der Waals surface area contributed by atoms with Crippen LogP contribution in [-0.4, -0.2) is 22.0 Å². The van der Waals surface area contributed by atoms with Gasteiger partial charge < -0.3 is 10.4 Å². The Labute approximate surface area is 127 Å². The minimum atomic E-state index is -1.01. The van der Waals surface area contributed by atoms with E-state index >= 15 is 0 Å². The molecule has 0 spiro atoms. The van der Waals surface area contributed by atoms with Gasteiger partial charge in [-0.1, -0.05) is 15.9 Å². The first-order valence-corrected chi connectivity index (χ1v) is 7.31. The van der Waals surface area contributed by atoms with Crippen molar-refractivity contribution in [1.29, 1.82) is 0 Å². The summed E-state index contributed by atoms with van der Waals surface area (Å²) in [5.74, 6) is -1.24. The molecule has 1 aromatic carbocycles. The number of aromatic carboxylic acids is 1. The van der Waals surface area contributed by atoms with Gasteiger partial charge in [0.2, 0.25) is 5.91 Å². The van der Waals surface area contributed by atoms with Crippen molar-refractivity contribution in [2.45, 2.75) is 13.3 Å². The van der Waals surface area contributed by atoms with Crippen LogP contribution in [0.15, 0.2) is 28.7 Å². The summed E-state index contributed by atoms with van der Waals surface area (Å²) < 4.78 is 0.928. The molecule has 1 aromatic heterocycles. The molecule has 0 bridgehead atoms. The summed E-state index contributed by atoms with van der Waals surface area (Å²) in [4.78, 5) is 27.0. The van der Waals surface area contributed by atoms with Crippen molar-refractivity contribution in [3.05, 3.63) is 44.3 Å². The summed E-state index contributed by atoms with van der Waals surface area (Å²) in [5, 5.41) is 12.2. The van der Waals surface area contributed by atoms with Gasteiger partial charge in [0.15, 0.2) is 0 Å². The third-order valence-corrected chi connectivity index (χ3v) is 4.15. The van der Waals surface area contributed by atoms with E-state index in [2.05, 4.69) is 26.2 Å². The summed E-state index contributed by atoms with van der Waals surface area (Å²) >= 11 is 4.34. The summed E-state index contributed by atoms with van der Waals surface area (Å²) in [6.07, 6.45) is 0.0643. The molecule has 0 unspecified atom stereocenters. The Balaban J connectivity index is 2.03. The molecule has 7 heteroatoms. The molecule has 0 saturated carbocycles. The number of amides is 1. The van der Waals surface area contributed by atoms with Crippen molar-refractivity contribution in [2.24, 2.45) is 0 Å². The highest BCUT2D eigenvalue weighted by Gasteiger charge is 2.15. The van der Waals surface area contributed by atoms with E-state index in [4.69, 9.17) is 5.11 Å². The molecule has 1 amide bonds. The van der Waals surface area contributed by atoms with Gasteiger partial charge in [-0.15, -0.1) is 11.3 Å². The molecule has 2 N–H and O–H groups in total. The second kappa shape index (κ2) is 6.15. The first kappa shape index (κ1) is 14.7. The quantitative estimate of drug-likeness (QED) is 0.883. The van der Waals surface area contributed by atoms with Gasteiger partial charge >= 0.3 is 5.97 Å². The molecule has 104 valence electrons. The maximum absolute atomic E-state index is 11.9. The summed E-state index contributed by atoms with van der Waals surface area (Å²) in [7, 11) is 0. The predicted molar refractivity (Wildman–Crippen MR) is 80.3 cm³/mol. The number of aromatic nitrogens is 1. The fourth-order valence-corrected chi connectivity index (χ4v) is 2.77. The molecule has 0 aliphatic carbocycles. The number of hydrogen-bond acceptors (Lipinski definition) is 4. The van der Waals surface area contributed by atoms with Crippen LogP contribution in [-0.2, 0) is 11.2 Å². The highest BCUT2D eigenvalue weighted by Crippen LogP contribution is 2.19. The molecule has 1 heterocycles. The molecular formula is C13H11BrN2O3S. The predicted octanol–water partition coefficient (Wildman–Crippen LogP) is 3.09. The Hall–Kier alpha value is -1.73. The van der Waals surface area contributed by atoms with Gasteiger partial charge in [0.1, 0.15) is 9.88 Å². The normalized spacial score (nSPS) is 10.3. The zero-order chi connectivity index (χ0) is 14.7. The minimum absolute atomic E-state index is 0.0643. The number of carboxylic acid groups (broad SMARTS) is 1. The molecule has 0 fully saturated rings. The van der Waals surface area contributed by atoms with Crippen LogP contribution < -0.4 is 5.32 Å². The number of carbonyl (C=O) groups excluding carboxylic acids is 1. The molecule has 2 rings (SSSR count). The number of nitrogens with one attached hydrogen (secondary N) is 1. The largest absolute Gasteiger partial charge is 0.477 e. The smallest absolute Gasteiger partial charge is 0.347 e. The van der Waals surface area contributed by atoms with Gasteiger partial charge in [0.05, 0.1) is 12.1 Å². The lowest BCUT2D eigenvalue weighted by molar-refractivity contribution is -0.115. The molecule has 0 radical (unpaired) electrons. The second-order valence-corrected chi connectivity index (χ2v) is 6.06. The summed E-state index contributed by atoms with van der Waals surface area (Å²) in [6, 6.07) is 7.20. The Morgan fingerprint density at radius 2 is 2.00 bits per heavy atom. The lowest BCUT2D eigenvalue weighted by atomic mass is 10.3. The number of thiazole rings is 1. The monoisotopic (exact) mass is 354 g/mol. The number of rotatable bonds is 4. The van der Waals surface area contributed by atoms with Crippen LogP contribution in [0.25, 0.3) is 0 Å². The zero-order valence-electron chi connectivity index (χ0n) is 10.5. The number of carboxylic acids is 1. The van der Waals surface area contributed by atoms with E-state index in [1.165, 1.54) is 0 Å². The first-order valence-electron chi connectivity index (χ1n) is 5.70. The number of benzene rings is 1. The number of nitrogens with zero attached hydrogens (tertiary/aromatic N) is 1. The van der Waals surface area contributed by atoms with E-state index in [1.807, 2.05) is 12.1 Å². The number of anilines is 1. The van der Waals surface area contributed by atoms with E-state index in [0.29, 0.717) is 16.4 Å². The van der Waals surface area contributed by atoms with E-state index in [-0.39, 0.29) is 17.2 Å². The van der Waals surface area contributed by atoms with Crippen LogP contribution in [0.2, 0.25) is 0 Å². The van der Waals surface area contributed by atoms with Gasteiger partial charge in [0, 0.05) is 10.2 Å². The lowest BCUT2D eigenvalue weighted by Gasteiger charge is -2.03. The van der Waals surface area contributed by atoms with Crippen LogP contribution in [0, 0.1) is 6.92 Å². The molecule has 20 heavy (non-hydrogen) atoms. The van der Waals surface area contributed by atoms with Crippen molar-refractivity contribution < 1.29 is 14.7 Å². The topological polar surface area (TPSA) is 79.3 Å². The van der Waals surface area contributed by atoms with E-state index in [1.54, 1.807) is 19.1 Å². The molecule has 0 saturated heterocycles. The Morgan fingerprint density at radius 3 is 2.55 bits per heavy atom. The van der Waals surface area contributed by atoms with E-state index in [0.717, 1.165) is 15.8 Å². The minimum Gasteiger partial charge on any atom is -0.477 e. The molecule has 0 aliphatic heterocycles. The van der Waals surface area contributed by atoms with Crippen LogP contribution >= 0.6 is 27.3 Å².